The zero-order chi connectivity index (χ0) is 15.4. The van der Waals surface area contributed by atoms with Crippen LogP contribution in [0.4, 0.5) is 17.6 Å². The molecule has 0 atom stereocenters. The number of nitrogen functional groups attached to an aromatic ring is 2. The van der Waals surface area contributed by atoms with Crippen molar-refractivity contribution in [3.8, 4) is 0 Å². The second-order valence-corrected chi connectivity index (χ2v) is 5.64. The van der Waals surface area contributed by atoms with E-state index in [2.05, 4.69) is 20.3 Å². The average Bonchev–Trinajstić information content (AvgIpc) is 2.34. The molecule has 0 fully saturated rings. The minimum absolute atomic E-state index is 0.00651. The van der Waals surface area contributed by atoms with Crippen molar-refractivity contribution in [3.63, 3.8) is 0 Å². The first kappa shape index (κ1) is 15.6. The number of hydrogen-bond acceptors (Lipinski definition) is 7. The van der Waals surface area contributed by atoms with Crippen molar-refractivity contribution in [2.75, 3.05) is 22.5 Å². The molecule has 1 heterocycles. The molecule has 2 rings (SSSR count). The fourth-order valence-electron chi connectivity index (χ4n) is 1.41. The summed E-state index contributed by atoms with van der Waals surface area (Å²) in [5.41, 5.74) is 11.4. The minimum Gasteiger partial charge on any atom is -0.368 e. The molecule has 5 N–H and O–H groups in total. The van der Waals surface area contributed by atoms with Crippen LogP contribution in [-0.2, 0) is 4.79 Å². The SMILES string of the molecule is Nc1nc(N)nc(SCC(=O)Nc2cc(Cl)cc(Cl)c2)n1. The number of benzene rings is 1. The molecule has 7 nitrogen and oxygen atoms in total. The van der Waals surface area contributed by atoms with Crippen LogP contribution in [0.25, 0.3) is 0 Å². The lowest BCUT2D eigenvalue weighted by molar-refractivity contribution is -0.113. The number of nitrogens with two attached hydrogens (primary N) is 2. The van der Waals surface area contributed by atoms with E-state index in [4.69, 9.17) is 34.7 Å². The molecule has 1 aromatic carbocycles. The second kappa shape index (κ2) is 6.79. The maximum absolute atomic E-state index is 11.8. The molecule has 0 unspecified atom stereocenters. The Morgan fingerprint density at radius 2 is 1.67 bits per heavy atom. The Kier molecular flexibility index (Phi) is 5.05. The van der Waals surface area contributed by atoms with Crippen molar-refractivity contribution in [3.05, 3.63) is 28.2 Å². The van der Waals surface area contributed by atoms with Crippen LogP contribution >= 0.6 is 35.0 Å². The predicted octanol–water partition coefficient (Wildman–Crippen LogP) is 2.07. The number of nitrogens with one attached hydrogen (secondary N) is 1. The maximum atomic E-state index is 11.8. The molecule has 0 saturated heterocycles. The highest BCUT2D eigenvalue weighted by atomic mass is 35.5. The number of hydrogen-bond donors (Lipinski definition) is 3. The number of carbonyl (C=O) groups is 1. The Balaban J connectivity index is 1.95. The van der Waals surface area contributed by atoms with Gasteiger partial charge in [-0.2, -0.15) is 15.0 Å². The van der Waals surface area contributed by atoms with Crippen molar-refractivity contribution in [1.82, 2.24) is 15.0 Å². The average molecular weight is 345 g/mol. The largest absolute Gasteiger partial charge is 0.368 e. The molecule has 110 valence electrons. The van der Waals surface area contributed by atoms with Gasteiger partial charge >= 0.3 is 0 Å². The third kappa shape index (κ3) is 4.92. The van der Waals surface area contributed by atoms with Crippen LogP contribution in [0.2, 0.25) is 10.0 Å². The van der Waals surface area contributed by atoms with Crippen molar-refractivity contribution >= 4 is 58.5 Å². The summed E-state index contributed by atoms with van der Waals surface area (Å²) in [4.78, 5) is 23.2. The first-order chi connectivity index (χ1) is 9.92. The number of rotatable bonds is 4. The molecular formula is C11H10Cl2N6OS. The number of aromatic nitrogens is 3. The first-order valence-corrected chi connectivity index (χ1v) is 7.32. The summed E-state index contributed by atoms with van der Waals surface area (Å²) < 4.78 is 0. The van der Waals surface area contributed by atoms with E-state index >= 15 is 0 Å². The van der Waals surface area contributed by atoms with Crippen LogP contribution in [0.15, 0.2) is 23.4 Å². The molecule has 1 amide bonds. The molecule has 0 spiro atoms. The number of nitrogens with zero attached hydrogens (tertiary/aromatic N) is 3. The quantitative estimate of drug-likeness (QED) is 0.726. The highest BCUT2D eigenvalue weighted by molar-refractivity contribution is 7.99. The van der Waals surface area contributed by atoms with Crippen LogP contribution in [0.3, 0.4) is 0 Å². The molecule has 0 saturated carbocycles. The molecule has 0 aliphatic rings. The zero-order valence-electron chi connectivity index (χ0n) is 10.5. The lowest BCUT2D eigenvalue weighted by atomic mass is 10.3. The maximum Gasteiger partial charge on any atom is 0.234 e. The van der Waals surface area contributed by atoms with Crippen molar-refractivity contribution < 1.29 is 4.79 Å². The van der Waals surface area contributed by atoms with Gasteiger partial charge < -0.3 is 16.8 Å². The van der Waals surface area contributed by atoms with Gasteiger partial charge in [-0.25, -0.2) is 0 Å². The molecule has 0 radical (unpaired) electrons. The Bertz CT molecular complexity index is 643. The number of halogens is 2. The van der Waals surface area contributed by atoms with Gasteiger partial charge in [-0.1, -0.05) is 35.0 Å². The number of amides is 1. The normalized spacial score (nSPS) is 10.4. The standard InChI is InChI=1S/C11H10Cl2N6OS/c12-5-1-6(13)3-7(2-5)16-8(20)4-21-11-18-9(14)17-10(15)19-11/h1-3H,4H2,(H,16,20)(H4,14,15,17,18,19). The summed E-state index contributed by atoms with van der Waals surface area (Å²) in [7, 11) is 0. The van der Waals surface area contributed by atoms with E-state index in [0.29, 0.717) is 15.7 Å². The van der Waals surface area contributed by atoms with Gasteiger partial charge in [0.2, 0.25) is 17.8 Å². The molecule has 0 aliphatic heterocycles. The van der Waals surface area contributed by atoms with Crippen molar-refractivity contribution in [1.29, 1.82) is 0 Å². The van der Waals surface area contributed by atoms with E-state index in [1.807, 2.05) is 0 Å². The summed E-state index contributed by atoms with van der Waals surface area (Å²) in [6.45, 7) is 0. The number of anilines is 3. The fraction of sp³-hybridized carbons (Fsp3) is 0.0909. The minimum atomic E-state index is -0.268. The van der Waals surface area contributed by atoms with Crippen LogP contribution < -0.4 is 16.8 Å². The Morgan fingerprint density at radius 3 is 2.24 bits per heavy atom. The smallest absolute Gasteiger partial charge is 0.234 e. The summed E-state index contributed by atoms with van der Waals surface area (Å²) in [6.07, 6.45) is 0. The molecule has 1 aromatic heterocycles. The van der Waals surface area contributed by atoms with Gasteiger partial charge in [0, 0.05) is 15.7 Å². The highest BCUT2D eigenvalue weighted by Gasteiger charge is 2.08. The topological polar surface area (TPSA) is 120 Å². The van der Waals surface area contributed by atoms with E-state index in [1.165, 1.54) is 0 Å². The van der Waals surface area contributed by atoms with Gasteiger partial charge in [0.15, 0.2) is 5.16 Å². The number of thioether (sulfide) groups is 1. The summed E-state index contributed by atoms with van der Waals surface area (Å²) in [5, 5.41) is 3.81. The summed E-state index contributed by atoms with van der Waals surface area (Å²) in [6, 6.07) is 4.76. The van der Waals surface area contributed by atoms with Gasteiger partial charge in [0.25, 0.3) is 0 Å². The van der Waals surface area contributed by atoms with Crippen molar-refractivity contribution in [2.45, 2.75) is 5.16 Å². The Hall–Kier alpha value is -1.77. The van der Waals surface area contributed by atoms with E-state index in [-0.39, 0.29) is 28.7 Å². The van der Waals surface area contributed by atoms with E-state index in [1.54, 1.807) is 18.2 Å². The van der Waals surface area contributed by atoms with Gasteiger partial charge in [0.05, 0.1) is 5.75 Å². The van der Waals surface area contributed by atoms with Gasteiger partial charge in [-0.15, -0.1) is 0 Å². The van der Waals surface area contributed by atoms with Crippen LogP contribution in [0.1, 0.15) is 0 Å². The third-order valence-electron chi connectivity index (χ3n) is 2.13. The Labute approximate surface area is 134 Å². The lowest BCUT2D eigenvalue weighted by Gasteiger charge is -2.06. The molecule has 10 heteroatoms. The predicted molar refractivity (Wildman–Crippen MR) is 84.5 cm³/mol. The van der Waals surface area contributed by atoms with Crippen LogP contribution in [0.5, 0.6) is 0 Å². The zero-order valence-corrected chi connectivity index (χ0v) is 12.8. The van der Waals surface area contributed by atoms with Gasteiger partial charge in [-0.3, -0.25) is 4.79 Å². The molecular weight excluding hydrogens is 335 g/mol. The second-order valence-electron chi connectivity index (χ2n) is 3.83. The molecule has 0 aliphatic carbocycles. The van der Waals surface area contributed by atoms with E-state index < -0.39 is 0 Å². The van der Waals surface area contributed by atoms with Crippen LogP contribution in [-0.4, -0.2) is 26.6 Å². The molecule has 21 heavy (non-hydrogen) atoms. The van der Waals surface area contributed by atoms with Crippen molar-refractivity contribution in [2.24, 2.45) is 0 Å². The van der Waals surface area contributed by atoms with E-state index in [9.17, 15) is 4.79 Å². The monoisotopic (exact) mass is 344 g/mol. The van der Waals surface area contributed by atoms with Crippen LogP contribution in [0, 0.1) is 0 Å². The highest BCUT2D eigenvalue weighted by Crippen LogP contribution is 2.23. The third-order valence-corrected chi connectivity index (χ3v) is 3.41. The summed E-state index contributed by atoms with van der Waals surface area (Å²) >= 11 is 12.8. The fourth-order valence-corrected chi connectivity index (χ4v) is 2.58. The molecule has 0 bridgehead atoms. The van der Waals surface area contributed by atoms with E-state index in [0.717, 1.165) is 11.8 Å². The van der Waals surface area contributed by atoms with Gasteiger partial charge in [0.1, 0.15) is 0 Å². The van der Waals surface area contributed by atoms with Gasteiger partial charge in [-0.05, 0) is 18.2 Å². The lowest BCUT2D eigenvalue weighted by Crippen LogP contribution is -2.14. The number of carbonyl (C=O) groups excluding carboxylic acids is 1. The first-order valence-electron chi connectivity index (χ1n) is 5.58. The summed E-state index contributed by atoms with van der Waals surface area (Å²) in [5.74, 6) is -0.178. The Morgan fingerprint density at radius 1 is 1.10 bits per heavy atom. The molecule has 2 aromatic rings.